The summed E-state index contributed by atoms with van der Waals surface area (Å²) in [5.41, 5.74) is 2.58. The quantitative estimate of drug-likeness (QED) is 0.442. The summed E-state index contributed by atoms with van der Waals surface area (Å²) in [4.78, 5) is 24.2. The van der Waals surface area contributed by atoms with Crippen LogP contribution in [0.3, 0.4) is 0 Å². The second-order valence-electron chi connectivity index (χ2n) is 8.67. The largest absolute Gasteiger partial charge is 0.497 e. The number of methoxy groups -OCH3 is 1. The fourth-order valence-electron chi connectivity index (χ4n) is 4.55. The van der Waals surface area contributed by atoms with Gasteiger partial charge in [-0.1, -0.05) is 24.3 Å². The van der Waals surface area contributed by atoms with Gasteiger partial charge in [-0.3, -0.25) is 9.78 Å². The molecule has 7 nitrogen and oxygen atoms in total. The third-order valence-electron chi connectivity index (χ3n) is 6.28. The van der Waals surface area contributed by atoms with Gasteiger partial charge < -0.3 is 19.7 Å². The van der Waals surface area contributed by atoms with Crippen molar-refractivity contribution in [2.45, 2.75) is 6.42 Å². The van der Waals surface area contributed by atoms with Crippen LogP contribution in [0, 0.1) is 5.92 Å². The minimum Gasteiger partial charge on any atom is -0.497 e. The zero-order valence-corrected chi connectivity index (χ0v) is 19.7. The van der Waals surface area contributed by atoms with Gasteiger partial charge in [0, 0.05) is 54.7 Å². The fraction of sp³-hybridized carbons (Fsp3) is 0.250. The number of ether oxygens (including phenoxy) is 2. The Balaban J connectivity index is 1.35. The summed E-state index contributed by atoms with van der Waals surface area (Å²) in [6.45, 7) is 2.30. The number of pyridine rings is 2. The van der Waals surface area contributed by atoms with Gasteiger partial charge >= 0.3 is 0 Å². The van der Waals surface area contributed by atoms with E-state index >= 15 is 0 Å². The molecule has 35 heavy (non-hydrogen) atoms. The van der Waals surface area contributed by atoms with Crippen LogP contribution in [0.5, 0.6) is 5.75 Å². The molecule has 1 saturated heterocycles. The first-order valence-corrected chi connectivity index (χ1v) is 11.8. The molecule has 1 unspecified atom stereocenters. The maximum Gasteiger partial charge on any atom is 0.257 e. The van der Waals surface area contributed by atoms with Crippen LogP contribution in [0.2, 0.25) is 0 Å². The number of carbonyl (C=O) groups is 1. The summed E-state index contributed by atoms with van der Waals surface area (Å²) in [5, 5.41) is 5.60. The molecule has 3 heterocycles. The number of anilines is 2. The molecule has 1 atom stereocenters. The Morgan fingerprint density at radius 2 is 2.06 bits per heavy atom. The smallest absolute Gasteiger partial charge is 0.257 e. The Kier molecular flexibility index (Phi) is 6.86. The second-order valence-corrected chi connectivity index (χ2v) is 8.67. The van der Waals surface area contributed by atoms with Crippen molar-refractivity contribution in [1.82, 2.24) is 14.9 Å². The van der Waals surface area contributed by atoms with E-state index in [1.54, 1.807) is 19.4 Å². The van der Waals surface area contributed by atoms with Gasteiger partial charge in [0.25, 0.3) is 5.91 Å². The van der Waals surface area contributed by atoms with Crippen LogP contribution in [0.15, 0.2) is 79.3 Å². The first kappa shape index (κ1) is 22.8. The number of carbonyl (C=O) groups excluding carboxylic acids is 1. The summed E-state index contributed by atoms with van der Waals surface area (Å²) in [6.07, 6.45) is 6.22. The number of fused-ring (bicyclic) bond motifs is 1. The molecule has 4 aromatic rings. The van der Waals surface area contributed by atoms with Crippen LogP contribution in [0.25, 0.3) is 10.8 Å². The van der Waals surface area contributed by atoms with E-state index in [1.807, 2.05) is 47.6 Å². The standard InChI is InChI=1S/C28H28N4O3/c1-34-24-8-3-7-23(16-24)31-27-26(9-4-11-30-27)28(33)32-13-14-35-19-20(18-32)15-21-5-2-6-22-17-29-12-10-25(21)22/h2-12,16-17,20H,13-15,18-19H2,1H3,(H,30,31). The Labute approximate surface area is 204 Å². The van der Waals surface area contributed by atoms with Crippen molar-refractivity contribution in [3.8, 4) is 5.75 Å². The van der Waals surface area contributed by atoms with Gasteiger partial charge in [0.05, 0.1) is 25.9 Å². The Morgan fingerprint density at radius 1 is 1.14 bits per heavy atom. The molecule has 5 rings (SSSR count). The molecule has 1 amide bonds. The highest BCUT2D eigenvalue weighted by molar-refractivity contribution is 5.99. The summed E-state index contributed by atoms with van der Waals surface area (Å²) in [5.74, 6) is 1.39. The molecule has 0 spiro atoms. The number of aromatic nitrogens is 2. The third-order valence-corrected chi connectivity index (χ3v) is 6.28. The van der Waals surface area contributed by atoms with Gasteiger partial charge in [-0.2, -0.15) is 0 Å². The lowest BCUT2D eigenvalue weighted by Crippen LogP contribution is -2.36. The summed E-state index contributed by atoms with van der Waals surface area (Å²) in [6, 6.07) is 19.5. The number of rotatable bonds is 6. The molecule has 0 bridgehead atoms. The number of hydrogen-bond donors (Lipinski definition) is 1. The maximum absolute atomic E-state index is 13.7. The average molecular weight is 469 g/mol. The van der Waals surface area contributed by atoms with E-state index in [0.717, 1.165) is 23.2 Å². The van der Waals surface area contributed by atoms with E-state index in [1.165, 1.54) is 10.9 Å². The van der Waals surface area contributed by atoms with Gasteiger partial charge in [-0.05, 0) is 47.7 Å². The van der Waals surface area contributed by atoms with Gasteiger partial charge in [0.1, 0.15) is 11.6 Å². The van der Waals surface area contributed by atoms with Crippen molar-refractivity contribution in [2.75, 3.05) is 38.7 Å². The Hall–Kier alpha value is -3.97. The molecule has 2 aromatic carbocycles. The monoisotopic (exact) mass is 468 g/mol. The van der Waals surface area contributed by atoms with E-state index in [9.17, 15) is 4.79 Å². The second kappa shape index (κ2) is 10.5. The van der Waals surface area contributed by atoms with Crippen LogP contribution in [-0.4, -0.2) is 54.2 Å². The average Bonchev–Trinajstić information content (AvgIpc) is 3.14. The third kappa shape index (κ3) is 5.25. The van der Waals surface area contributed by atoms with Crippen LogP contribution in [0.4, 0.5) is 11.5 Å². The van der Waals surface area contributed by atoms with E-state index in [0.29, 0.717) is 37.7 Å². The highest BCUT2D eigenvalue weighted by atomic mass is 16.5. The zero-order chi connectivity index (χ0) is 24.0. The van der Waals surface area contributed by atoms with Crippen molar-refractivity contribution in [3.05, 3.63) is 90.4 Å². The summed E-state index contributed by atoms with van der Waals surface area (Å²) < 4.78 is 11.2. The van der Waals surface area contributed by atoms with Crippen molar-refractivity contribution in [1.29, 1.82) is 0 Å². The lowest BCUT2D eigenvalue weighted by molar-refractivity contribution is 0.0738. The molecular formula is C28H28N4O3. The molecule has 0 radical (unpaired) electrons. The fourth-order valence-corrected chi connectivity index (χ4v) is 4.55. The first-order chi connectivity index (χ1) is 17.2. The van der Waals surface area contributed by atoms with E-state index < -0.39 is 0 Å². The van der Waals surface area contributed by atoms with Crippen molar-refractivity contribution in [2.24, 2.45) is 5.92 Å². The van der Waals surface area contributed by atoms with E-state index in [-0.39, 0.29) is 11.8 Å². The van der Waals surface area contributed by atoms with Crippen molar-refractivity contribution < 1.29 is 14.3 Å². The molecule has 7 heteroatoms. The zero-order valence-electron chi connectivity index (χ0n) is 19.7. The maximum atomic E-state index is 13.7. The normalized spacial score (nSPS) is 16.0. The lowest BCUT2D eigenvalue weighted by Gasteiger charge is -2.25. The molecule has 1 aliphatic rings. The number of nitrogens with zero attached hydrogens (tertiary/aromatic N) is 3. The number of hydrogen-bond acceptors (Lipinski definition) is 6. The van der Waals surface area contributed by atoms with Crippen molar-refractivity contribution in [3.63, 3.8) is 0 Å². The Bertz CT molecular complexity index is 1320. The highest BCUT2D eigenvalue weighted by Gasteiger charge is 2.26. The molecule has 1 aliphatic heterocycles. The van der Waals surface area contributed by atoms with Crippen LogP contribution in [0.1, 0.15) is 15.9 Å². The molecule has 2 aromatic heterocycles. The number of benzene rings is 2. The molecule has 178 valence electrons. The minimum absolute atomic E-state index is 0.0545. The summed E-state index contributed by atoms with van der Waals surface area (Å²) in [7, 11) is 1.63. The van der Waals surface area contributed by atoms with Crippen LogP contribution in [-0.2, 0) is 11.2 Å². The van der Waals surface area contributed by atoms with Gasteiger partial charge in [-0.15, -0.1) is 0 Å². The van der Waals surface area contributed by atoms with Crippen LogP contribution >= 0.6 is 0 Å². The molecular weight excluding hydrogens is 440 g/mol. The molecule has 0 saturated carbocycles. The predicted molar refractivity (Wildman–Crippen MR) is 136 cm³/mol. The topological polar surface area (TPSA) is 76.6 Å². The lowest BCUT2D eigenvalue weighted by atomic mass is 9.95. The highest BCUT2D eigenvalue weighted by Crippen LogP contribution is 2.25. The Morgan fingerprint density at radius 3 is 2.97 bits per heavy atom. The molecule has 1 fully saturated rings. The molecule has 1 N–H and O–H groups in total. The van der Waals surface area contributed by atoms with Gasteiger partial charge in [0.2, 0.25) is 0 Å². The van der Waals surface area contributed by atoms with E-state index in [2.05, 4.69) is 39.6 Å². The van der Waals surface area contributed by atoms with E-state index in [4.69, 9.17) is 9.47 Å². The predicted octanol–water partition coefficient (Wildman–Crippen LogP) is 4.71. The van der Waals surface area contributed by atoms with Gasteiger partial charge in [-0.25, -0.2) is 4.98 Å². The molecule has 0 aliphatic carbocycles. The summed E-state index contributed by atoms with van der Waals surface area (Å²) >= 11 is 0. The van der Waals surface area contributed by atoms with Crippen LogP contribution < -0.4 is 10.1 Å². The first-order valence-electron chi connectivity index (χ1n) is 11.8. The van der Waals surface area contributed by atoms with Crippen molar-refractivity contribution >= 4 is 28.2 Å². The number of amides is 1. The minimum atomic E-state index is -0.0545. The number of nitrogens with one attached hydrogen (secondary N) is 1. The SMILES string of the molecule is COc1cccc(Nc2ncccc2C(=O)N2CCOCC(Cc3cccc4cnccc34)C2)c1. The van der Waals surface area contributed by atoms with Gasteiger partial charge in [0.15, 0.2) is 0 Å².